The number of rotatable bonds is 6. The van der Waals surface area contributed by atoms with Crippen LogP contribution in [0.2, 0.25) is 0 Å². The molecule has 0 radical (unpaired) electrons. The number of hydrogen-bond donors (Lipinski definition) is 3. The molecule has 0 aromatic rings. The molecule has 1 fully saturated rings. The summed E-state index contributed by atoms with van der Waals surface area (Å²) in [7, 11) is 0. The minimum Gasteiger partial charge on any atom is -0.396 e. The second-order valence-electron chi connectivity index (χ2n) is 5.43. The highest BCUT2D eigenvalue weighted by atomic mass is 32.1. The number of thiol groups is 1. The van der Waals surface area contributed by atoms with E-state index < -0.39 is 0 Å². The van der Waals surface area contributed by atoms with Crippen LogP contribution in [0, 0.1) is 10.8 Å². The van der Waals surface area contributed by atoms with Crippen LogP contribution in [0.15, 0.2) is 0 Å². The Labute approximate surface area is 97.0 Å². The second-order valence-corrected chi connectivity index (χ2v) is 5.75. The van der Waals surface area contributed by atoms with Crippen molar-refractivity contribution >= 4 is 18.5 Å². The third-order valence-corrected chi connectivity index (χ3v) is 3.69. The van der Waals surface area contributed by atoms with E-state index in [9.17, 15) is 4.79 Å². The first-order valence-electron chi connectivity index (χ1n) is 5.42. The predicted molar refractivity (Wildman–Crippen MR) is 64.0 cm³/mol. The van der Waals surface area contributed by atoms with Crippen LogP contribution in [0.5, 0.6) is 0 Å². The monoisotopic (exact) mass is 231 g/mol. The van der Waals surface area contributed by atoms with Gasteiger partial charge in [-0.3, -0.25) is 4.79 Å². The molecule has 0 aromatic carbocycles. The molecule has 1 saturated carbocycles. The normalized spacial score (nSPS) is 18.7. The molecule has 0 spiro atoms. The molecule has 1 aliphatic rings. The highest BCUT2D eigenvalue weighted by Crippen LogP contribution is 2.49. The van der Waals surface area contributed by atoms with Gasteiger partial charge in [0.05, 0.1) is 0 Å². The van der Waals surface area contributed by atoms with E-state index in [1.807, 2.05) is 13.8 Å². The number of nitrogens with one attached hydrogen (secondary N) is 1. The van der Waals surface area contributed by atoms with Gasteiger partial charge in [-0.15, -0.1) is 0 Å². The Morgan fingerprint density at radius 3 is 2.53 bits per heavy atom. The van der Waals surface area contributed by atoms with Crippen molar-refractivity contribution in [3.05, 3.63) is 0 Å². The highest BCUT2D eigenvalue weighted by molar-refractivity contribution is 7.80. The Kier molecular flexibility index (Phi) is 4.06. The lowest BCUT2D eigenvalue weighted by molar-refractivity contribution is -0.122. The summed E-state index contributed by atoms with van der Waals surface area (Å²) < 4.78 is 0. The maximum atomic E-state index is 11.6. The van der Waals surface area contributed by atoms with Gasteiger partial charge in [0.2, 0.25) is 5.91 Å². The average molecular weight is 231 g/mol. The standard InChI is InChI=1S/C11H21NO2S/c1-10(2,7-13)6-12-9(14)5-11(8-15)3-4-11/h13,15H,3-8H2,1-2H3,(H,12,14). The number of aliphatic hydroxyl groups is 1. The van der Waals surface area contributed by atoms with Crippen molar-refractivity contribution < 1.29 is 9.90 Å². The number of amides is 1. The van der Waals surface area contributed by atoms with Gasteiger partial charge in [-0.25, -0.2) is 0 Å². The second kappa shape index (κ2) is 4.74. The van der Waals surface area contributed by atoms with Crippen LogP contribution in [-0.4, -0.2) is 29.9 Å². The maximum Gasteiger partial charge on any atom is 0.220 e. The van der Waals surface area contributed by atoms with Crippen molar-refractivity contribution in [3.63, 3.8) is 0 Å². The molecular weight excluding hydrogens is 210 g/mol. The third-order valence-electron chi connectivity index (χ3n) is 3.02. The van der Waals surface area contributed by atoms with E-state index in [0.29, 0.717) is 13.0 Å². The predicted octanol–water partition coefficient (Wildman–Crippen LogP) is 1.22. The smallest absolute Gasteiger partial charge is 0.220 e. The molecule has 0 unspecified atom stereocenters. The average Bonchev–Trinajstić information content (AvgIpc) is 2.96. The zero-order chi connectivity index (χ0) is 11.5. The number of hydrogen-bond acceptors (Lipinski definition) is 3. The molecular formula is C11H21NO2S. The summed E-state index contributed by atoms with van der Waals surface area (Å²) >= 11 is 4.26. The van der Waals surface area contributed by atoms with E-state index in [0.717, 1.165) is 18.6 Å². The van der Waals surface area contributed by atoms with Crippen molar-refractivity contribution in [2.45, 2.75) is 33.1 Å². The van der Waals surface area contributed by atoms with Gasteiger partial charge in [0.25, 0.3) is 0 Å². The van der Waals surface area contributed by atoms with Gasteiger partial charge in [-0.05, 0) is 24.0 Å². The molecule has 1 amide bonds. The quantitative estimate of drug-likeness (QED) is 0.602. The largest absolute Gasteiger partial charge is 0.396 e. The molecule has 15 heavy (non-hydrogen) atoms. The molecule has 1 aliphatic carbocycles. The van der Waals surface area contributed by atoms with E-state index in [-0.39, 0.29) is 23.3 Å². The molecule has 0 heterocycles. The van der Waals surface area contributed by atoms with E-state index in [4.69, 9.17) is 5.11 Å². The van der Waals surface area contributed by atoms with Gasteiger partial charge >= 0.3 is 0 Å². The van der Waals surface area contributed by atoms with Crippen molar-refractivity contribution in [2.24, 2.45) is 10.8 Å². The summed E-state index contributed by atoms with van der Waals surface area (Å²) in [5.74, 6) is 0.882. The summed E-state index contributed by atoms with van der Waals surface area (Å²) in [6, 6.07) is 0. The van der Waals surface area contributed by atoms with Crippen LogP contribution < -0.4 is 5.32 Å². The first-order chi connectivity index (χ1) is 6.93. The Morgan fingerprint density at radius 1 is 1.53 bits per heavy atom. The van der Waals surface area contributed by atoms with Crippen molar-refractivity contribution in [2.75, 3.05) is 18.9 Å². The summed E-state index contributed by atoms with van der Waals surface area (Å²) in [6.45, 7) is 4.48. The lowest BCUT2D eigenvalue weighted by atomic mass is 9.94. The zero-order valence-corrected chi connectivity index (χ0v) is 10.4. The van der Waals surface area contributed by atoms with Gasteiger partial charge in [0.1, 0.15) is 0 Å². The molecule has 88 valence electrons. The molecule has 0 saturated heterocycles. The minimum absolute atomic E-state index is 0.0862. The Hall–Kier alpha value is -0.220. The zero-order valence-electron chi connectivity index (χ0n) is 9.55. The summed E-state index contributed by atoms with van der Waals surface area (Å²) in [5, 5.41) is 11.9. The molecule has 1 rings (SSSR count). The van der Waals surface area contributed by atoms with Crippen LogP contribution in [0.3, 0.4) is 0 Å². The Morgan fingerprint density at radius 2 is 2.13 bits per heavy atom. The fraction of sp³-hybridized carbons (Fsp3) is 0.909. The van der Waals surface area contributed by atoms with E-state index in [2.05, 4.69) is 17.9 Å². The molecule has 0 aromatic heterocycles. The summed E-state index contributed by atoms with van der Waals surface area (Å²) in [4.78, 5) is 11.6. The SMILES string of the molecule is CC(C)(CO)CNC(=O)CC1(CS)CC1. The van der Waals surface area contributed by atoms with Gasteiger partial charge in [0, 0.05) is 25.0 Å². The summed E-state index contributed by atoms with van der Waals surface area (Å²) in [6.07, 6.45) is 2.82. The van der Waals surface area contributed by atoms with Crippen LogP contribution in [-0.2, 0) is 4.79 Å². The first kappa shape index (κ1) is 12.8. The van der Waals surface area contributed by atoms with Crippen LogP contribution in [0.4, 0.5) is 0 Å². The fourth-order valence-corrected chi connectivity index (χ4v) is 1.79. The third kappa shape index (κ3) is 4.03. The molecule has 0 atom stereocenters. The highest BCUT2D eigenvalue weighted by Gasteiger charge is 2.42. The summed E-state index contributed by atoms with van der Waals surface area (Å²) in [5.41, 5.74) is -0.0517. The van der Waals surface area contributed by atoms with E-state index >= 15 is 0 Å². The van der Waals surface area contributed by atoms with Crippen LogP contribution >= 0.6 is 12.6 Å². The molecule has 0 bridgehead atoms. The van der Waals surface area contributed by atoms with E-state index in [1.54, 1.807) is 0 Å². The first-order valence-corrected chi connectivity index (χ1v) is 6.05. The topological polar surface area (TPSA) is 49.3 Å². The van der Waals surface area contributed by atoms with Crippen molar-refractivity contribution in [1.82, 2.24) is 5.32 Å². The Bertz CT molecular complexity index is 237. The molecule has 2 N–H and O–H groups in total. The number of carbonyl (C=O) groups excluding carboxylic acids is 1. The molecule has 3 nitrogen and oxygen atoms in total. The van der Waals surface area contributed by atoms with Gasteiger partial charge in [-0.1, -0.05) is 13.8 Å². The van der Waals surface area contributed by atoms with Gasteiger partial charge in [-0.2, -0.15) is 12.6 Å². The van der Waals surface area contributed by atoms with Crippen molar-refractivity contribution in [1.29, 1.82) is 0 Å². The lowest BCUT2D eigenvalue weighted by Gasteiger charge is -2.22. The van der Waals surface area contributed by atoms with Crippen LogP contribution in [0.1, 0.15) is 33.1 Å². The van der Waals surface area contributed by atoms with Crippen LogP contribution in [0.25, 0.3) is 0 Å². The van der Waals surface area contributed by atoms with E-state index in [1.165, 1.54) is 0 Å². The minimum atomic E-state index is -0.229. The fourth-order valence-electron chi connectivity index (χ4n) is 1.36. The Balaban J connectivity index is 2.25. The molecule has 4 heteroatoms. The van der Waals surface area contributed by atoms with Crippen molar-refractivity contribution in [3.8, 4) is 0 Å². The number of carbonyl (C=O) groups is 1. The lowest BCUT2D eigenvalue weighted by Crippen LogP contribution is -2.37. The maximum absolute atomic E-state index is 11.6. The van der Waals surface area contributed by atoms with Gasteiger partial charge in [0.15, 0.2) is 0 Å². The molecule has 0 aliphatic heterocycles. The number of aliphatic hydroxyl groups excluding tert-OH is 1. The van der Waals surface area contributed by atoms with Gasteiger partial charge < -0.3 is 10.4 Å².